The van der Waals surface area contributed by atoms with E-state index in [1.165, 1.54) is 0 Å². The van der Waals surface area contributed by atoms with Crippen LogP contribution in [0, 0.1) is 0 Å². The maximum atomic E-state index is 12.1. The molecule has 134 valence electrons. The van der Waals surface area contributed by atoms with Gasteiger partial charge in [0.15, 0.2) is 6.61 Å². The largest absolute Gasteiger partial charge is 0.491 e. The number of para-hydroxylation sites is 1. The number of benzene rings is 2. The van der Waals surface area contributed by atoms with E-state index in [2.05, 4.69) is 19.2 Å². The highest BCUT2D eigenvalue weighted by atomic mass is 16.5. The molecule has 0 radical (unpaired) electrons. The van der Waals surface area contributed by atoms with Crippen LogP contribution in [0.3, 0.4) is 0 Å². The summed E-state index contributed by atoms with van der Waals surface area (Å²) in [6, 6.07) is 15.0. The maximum absolute atomic E-state index is 12.1. The van der Waals surface area contributed by atoms with Crippen molar-refractivity contribution in [2.24, 2.45) is 0 Å². The van der Waals surface area contributed by atoms with E-state index in [-0.39, 0.29) is 12.5 Å². The predicted molar refractivity (Wildman–Crippen MR) is 98.5 cm³/mol. The van der Waals surface area contributed by atoms with Crippen LogP contribution in [0.1, 0.15) is 25.3 Å². The number of carbonyl (C=O) groups is 1. The topological polar surface area (TPSA) is 56.8 Å². The van der Waals surface area contributed by atoms with Gasteiger partial charge in [0.05, 0.1) is 6.61 Å². The first-order valence-electron chi connectivity index (χ1n) is 8.33. The number of ether oxygens (including phenoxy) is 3. The van der Waals surface area contributed by atoms with E-state index in [0.29, 0.717) is 24.8 Å². The van der Waals surface area contributed by atoms with Crippen molar-refractivity contribution in [3.05, 3.63) is 54.1 Å². The first-order chi connectivity index (χ1) is 12.1. The molecule has 0 bridgehead atoms. The van der Waals surface area contributed by atoms with Gasteiger partial charge in [0.2, 0.25) is 0 Å². The zero-order chi connectivity index (χ0) is 18.1. The molecule has 0 saturated carbocycles. The molecule has 0 saturated heterocycles. The second-order valence-electron chi connectivity index (χ2n) is 5.90. The molecule has 0 spiro atoms. The summed E-state index contributed by atoms with van der Waals surface area (Å²) in [5.74, 6) is 1.61. The Balaban J connectivity index is 1.84. The number of nitrogens with one attached hydrogen (secondary N) is 1. The fourth-order valence-electron chi connectivity index (χ4n) is 2.31. The summed E-state index contributed by atoms with van der Waals surface area (Å²) in [5.41, 5.74) is 1.79. The van der Waals surface area contributed by atoms with Crippen molar-refractivity contribution in [2.45, 2.75) is 19.8 Å². The van der Waals surface area contributed by atoms with Crippen LogP contribution >= 0.6 is 0 Å². The Bertz CT molecular complexity index is 668. The summed E-state index contributed by atoms with van der Waals surface area (Å²) in [6.45, 7) is 5.19. The average molecular weight is 343 g/mol. The van der Waals surface area contributed by atoms with Crippen LogP contribution in [-0.4, -0.2) is 32.8 Å². The minimum absolute atomic E-state index is 0.0319. The van der Waals surface area contributed by atoms with Crippen LogP contribution in [-0.2, 0) is 9.53 Å². The number of rotatable bonds is 9. The Morgan fingerprint density at radius 2 is 1.72 bits per heavy atom. The molecule has 2 aromatic rings. The Kier molecular flexibility index (Phi) is 7.29. The number of methoxy groups -OCH3 is 1. The molecule has 0 heterocycles. The number of hydrogen-bond donors (Lipinski definition) is 1. The number of hydrogen-bond acceptors (Lipinski definition) is 4. The van der Waals surface area contributed by atoms with Gasteiger partial charge in [-0.15, -0.1) is 0 Å². The minimum atomic E-state index is -0.202. The SMILES string of the molecule is COCCOc1ccc(NC(=O)COc2ccccc2C(C)C)cc1. The van der Waals surface area contributed by atoms with Crippen molar-refractivity contribution in [2.75, 3.05) is 32.2 Å². The number of carbonyl (C=O) groups excluding carboxylic acids is 1. The van der Waals surface area contributed by atoms with Gasteiger partial charge in [0, 0.05) is 12.8 Å². The molecule has 25 heavy (non-hydrogen) atoms. The third-order valence-corrected chi connectivity index (χ3v) is 3.59. The smallest absolute Gasteiger partial charge is 0.262 e. The van der Waals surface area contributed by atoms with Gasteiger partial charge in [-0.25, -0.2) is 0 Å². The summed E-state index contributed by atoms with van der Waals surface area (Å²) in [5, 5.41) is 2.81. The van der Waals surface area contributed by atoms with Crippen LogP contribution in [0.25, 0.3) is 0 Å². The normalized spacial score (nSPS) is 10.6. The molecule has 0 aliphatic carbocycles. The van der Waals surface area contributed by atoms with Gasteiger partial charge in [-0.1, -0.05) is 32.0 Å². The third-order valence-electron chi connectivity index (χ3n) is 3.59. The lowest BCUT2D eigenvalue weighted by Gasteiger charge is -2.14. The molecule has 0 aliphatic rings. The standard InChI is InChI=1S/C20H25NO4/c1-15(2)18-6-4-5-7-19(18)25-14-20(22)21-16-8-10-17(11-9-16)24-13-12-23-3/h4-11,15H,12-14H2,1-3H3,(H,21,22). The fraction of sp³-hybridized carbons (Fsp3) is 0.350. The zero-order valence-corrected chi connectivity index (χ0v) is 15.0. The van der Waals surface area contributed by atoms with Crippen molar-refractivity contribution >= 4 is 11.6 Å². The average Bonchev–Trinajstić information content (AvgIpc) is 2.62. The van der Waals surface area contributed by atoms with Crippen molar-refractivity contribution < 1.29 is 19.0 Å². The number of anilines is 1. The lowest BCUT2D eigenvalue weighted by molar-refractivity contribution is -0.118. The Hall–Kier alpha value is -2.53. The molecule has 0 fully saturated rings. The van der Waals surface area contributed by atoms with E-state index in [1.807, 2.05) is 24.3 Å². The lowest BCUT2D eigenvalue weighted by atomic mass is 10.0. The van der Waals surface area contributed by atoms with Crippen molar-refractivity contribution in [1.82, 2.24) is 0 Å². The quantitative estimate of drug-likeness (QED) is 0.703. The second-order valence-corrected chi connectivity index (χ2v) is 5.90. The molecular formula is C20H25NO4. The molecule has 0 aromatic heterocycles. The molecule has 1 amide bonds. The van der Waals surface area contributed by atoms with Gasteiger partial charge in [-0.2, -0.15) is 0 Å². The third kappa shape index (κ3) is 6.12. The lowest BCUT2D eigenvalue weighted by Crippen LogP contribution is -2.20. The van der Waals surface area contributed by atoms with E-state index in [9.17, 15) is 4.79 Å². The molecule has 2 aromatic carbocycles. The van der Waals surface area contributed by atoms with Crippen LogP contribution in [0.5, 0.6) is 11.5 Å². The van der Waals surface area contributed by atoms with Crippen LogP contribution in [0.2, 0.25) is 0 Å². The van der Waals surface area contributed by atoms with Crippen LogP contribution in [0.15, 0.2) is 48.5 Å². The fourth-order valence-corrected chi connectivity index (χ4v) is 2.31. The molecular weight excluding hydrogens is 318 g/mol. The highest BCUT2D eigenvalue weighted by Crippen LogP contribution is 2.25. The molecule has 0 aliphatic heterocycles. The highest BCUT2D eigenvalue weighted by Gasteiger charge is 2.09. The van der Waals surface area contributed by atoms with Crippen molar-refractivity contribution in [3.8, 4) is 11.5 Å². The van der Waals surface area contributed by atoms with E-state index < -0.39 is 0 Å². The highest BCUT2D eigenvalue weighted by molar-refractivity contribution is 5.91. The molecule has 5 nitrogen and oxygen atoms in total. The van der Waals surface area contributed by atoms with Crippen LogP contribution < -0.4 is 14.8 Å². The van der Waals surface area contributed by atoms with Crippen molar-refractivity contribution in [1.29, 1.82) is 0 Å². The van der Waals surface area contributed by atoms with Gasteiger partial charge in [-0.3, -0.25) is 4.79 Å². The predicted octanol–water partition coefficient (Wildman–Crippen LogP) is 3.85. The summed E-state index contributed by atoms with van der Waals surface area (Å²) in [6.07, 6.45) is 0. The van der Waals surface area contributed by atoms with Gasteiger partial charge in [0.1, 0.15) is 18.1 Å². The van der Waals surface area contributed by atoms with Crippen molar-refractivity contribution in [3.63, 3.8) is 0 Å². The Morgan fingerprint density at radius 1 is 1.00 bits per heavy atom. The monoisotopic (exact) mass is 343 g/mol. The molecule has 0 atom stereocenters. The van der Waals surface area contributed by atoms with Crippen LogP contribution in [0.4, 0.5) is 5.69 Å². The van der Waals surface area contributed by atoms with Gasteiger partial charge in [0.25, 0.3) is 5.91 Å². The van der Waals surface area contributed by atoms with E-state index in [0.717, 1.165) is 17.1 Å². The summed E-state index contributed by atoms with van der Waals surface area (Å²) >= 11 is 0. The maximum Gasteiger partial charge on any atom is 0.262 e. The summed E-state index contributed by atoms with van der Waals surface area (Å²) in [4.78, 5) is 12.1. The first kappa shape index (κ1) is 18.8. The minimum Gasteiger partial charge on any atom is -0.491 e. The van der Waals surface area contributed by atoms with E-state index >= 15 is 0 Å². The summed E-state index contributed by atoms with van der Waals surface area (Å²) < 4.78 is 16.1. The summed E-state index contributed by atoms with van der Waals surface area (Å²) in [7, 11) is 1.63. The Morgan fingerprint density at radius 3 is 2.40 bits per heavy atom. The Labute approximate surface area is 148 Å². The van der Waals surface area contributed by atoms with Gasteiger partial charge < -0.3 is 19.5 Å². The molecule has 2 rings (SSSR count). The van der Waals surface area contributed by atoms with Gasteiger partial charge >= 0.3 is 0 Å². The first-order valence-corrected chi connectivity index (χ1v) is 8.33. The van der Waals surface area contributed by atoms with Gasteiger partial charge in [-0.05, 0) is 41.8 Å². The number of amides is 1. The van der Waals surface area contributed by atoms with E-state index in [1.54, 1.807) is 31.4 Å². The molecule has 1 N–H and O–H groups in total. The second kappa shape index (κ2) is 9.69. The zero-order valence-electron chi connectivity index (χ0n) is 15.0. The van der Waals surface area contributed by atoms with E-state index in [4.69, 9.17) is 14.2 Å². The molecule has 0 unspecified atom stereocenters. The molecule has 5 heteroatoms.